The van der Waals surface area contributed by atoms with E-state index >= 15 is 0 Å². The van der Waals surface area contributed by atoms with Gasteiger partial charge in [0.15, 0.2) is 0 Å². The van der Waals surface area contributed by atoms with Gasteiger partial charge in [0, 0.05) is 28.2 Å². The highest BCUT2D eigenvalue weighted by atomic mass is 32.1. The third kappa shape index (κ3) is 5.13. The van der Waals surface area contributed by atoms with Crippen LogP contribution in [0, 0.1) is 6.92 Å². The lowest BCUT2D eigenvalue weighted by atomic mass is 9.81. The third-order valence-corrected chi connectivity index (χ3v) is 9.25. The number of rotatable bonds is 6. The second-order valence-corrected chi connectivity index (χ2v) is 12.0. The summed E-state index contributed by atoms with van der Waals surface area (Å²) in [5.74, 6) is -0.537. The Morgan fingerprint density at radius 3 is 2.33 bits per heavy atom. The number of aryl methyl sites for hydroxylation is 1. The number of hydrogen-bond donors (Lipinski definition) is 1. The van der Waals surface area contributed by atoms with Crippen LogP contribution in [0.4, 0.5) is 0 Å². The molecule has 1 aliphatic carbocycles. The molecular formula is C32H34N2O4S. The number of carboxylic acids is 1. The van der Waals surface area contributed by atoms with E-state index < -0.39 is 5.97 Å². The van der Waals surface area contributed by atoms with E-state index in [9.17, 15) is 14.7 Å². The number of thiophene rings is 1. The smallest absolute Gasteiger partial charge is 0.335 e. The summed E-state index contributed by atoms with van der Waals surface area (Å²) in [5, 5.41) is 10.9. The molecule has 0 radical (unpaired) electrons. The van der Waals surface area contributed by atoms with Crippen LogP contribution in [-0.4, -0.2) is 52.8 Å². The average molecular weight is 543 g/mol. The molecule has 0 spiro atoms. The molecule has 39 heavy (non-hydrogen) atoms. The first-order valence-electron chi connectivity index (χ1n) is 13.9. The summed E-state index contributed by atoms with van der Waals surface area (Å²) in [6.45, 7) is 4.55. The Morgan fingerprint density at radius 2 is 1.67 bits per heavy atom. The van der Waals surface area contributed by atoms with E-state index in [1.165, 1.54) is 40.1 Å². The van der Waals surface area contributed by atoms with Crippen molar-refractivity contribution in [2.45, 2.75) is 51.5 Å². The molecule has 0 atom stereocenters. The Morgan fingerprint density at radius 1 is 0.949 bits per heavy atom. The first kappa shape index (κ1) is 25.8. The molecule has 202 valence electrons. The Balaban J connectivity index is 1.53. The number of fused-ring (bicyclic) bond motifs is 1. The number of carboxylic acid groups (broad SMARTS) is 1. The number of amides is 1. The fraction of sp³-hybridized carbons (Fsp3) is 0.375. The second-order valence-electron chi connectivity index (χ2n) is 10.7. The van der Waals surface area contributed by atoms with Crippen molar-refractivity contribution in [2.24, 2.45) is 0 Å². The van der Waals surface area contributed by atoms with Crippen LogP contribution in [0.3, 0.4) is 0 Å². The minimum Gasteiger partial charge on any atom is -0.478 e. The van der Waals surface area contributed by atoms with Gasteiger partial charge in [0.2, 0.25) is 5.91 Å². The van der Waals surface area contributed by atoms with Crippen LogP contribution in [0.1, 0.15) is 58.8 Å². The van der Waals surface area contributed by atoms with E-state index in [1.807, 2.05) is 11.0 Å². The predicted molar refractivity (Wildman–Crippen MR) is 156 cm³/mol. The highest BCUT2D eigenvalue weighted by Gasteiger charge is 2.29. The van der Waals surface area contributed by atoms with Crippen LogP contribution in [-0.2, 0) is 16.1 Å². The number of nitrogens with zero attached hydrogens (tertiary/aromatic N) is 2. The van der Waals surface area contributed by atoms with Crippen molar-refractivity contribution in [2.75, 3.05) is 26.3 Å². The summed E-state index contributed by atoms with van der Waals surface area (Å²) in [4.78, 5) is 29.9. The van der Waals surface area contributed by atoms with Crippen LogP contribution in [0.5, 0.6) is 0 Å². The molecule has 4 aromatic rings. The topological polar surface area (TPSA) is 71.8 Å². The van der Waals surface area contributed by atoms with E-state index in [1.54, 1.807) is 23.5 Å². The number of carbonyl (C=O) groups is 2. The maximum absolute atomic E-state index is 13.6. The number of morpholine rings is 1. The molecule has 2 fully saturated rings. The molecule has 1 N–H and O–H groups in total. The molecule has 1 aliphatic heterocycles. The molecule has 2 aromatic heterocycles. The average Bonchev–Trinajstić information content (AvgIpc) is 3.55. The Kier molecular flexibility index (Phi) is 7.28. The van der Waals surface area contributed by atoms with Crippen LogP contribution in [0.15, 0.2) is 54.6 Å². The maximum Gasteiger partial charge on any atom is 0.335 e. The summed E-state index contributed by atoms with van der Waals surface area (Å²) >= 11 is 1.78. The minimum atomic E-state index is -0.958. The first-order chi connectivity index (χ1) is 19.0. The highest BCUT2D eigenvalue weighted by Crippen LogP contribution is 2.45. The Bertz CT molecular complexity index is 1510. The summed E-state index contributed by atoms with van der Waals surface area (Å²) in [5.41, 5.74) is 5.62. The van der Waals surface area contributed by atoms with Gasteiger partial charge in [-0.1, -0.05) is 49.6 Å². The van der Waals surface area contributed by atoms with E-state index in [-0.39, 0.29) is 18.0 Å². The monoisotopic (exact) mass is 542 g/mol. The van der Waals surface area contributed by atoms with Gasteiger partial charge in [-0.15, -0.1) is 11.3 Å². The summed E-state index contributed by atoms with van der Waals surface area (Å²) in [6, 6.07) is 18.4. The maximum atomic E-state index is 13.6. The number of aromatic nitrogens is 1. The SMILES string of the molecule is Cc1ccc(-c2ccc(-c3c(C4CCCCC4)c4ccc(C(=O)O)cc4n3CC(=O)N3CCOCC3)cc2)s1. The summed E-state index contributed by atoms with van der Waals surface area (Å²) in [6.07, 6.45) is 5.84. The molecule has 1 saturated carbocycles. The fourth-order valence-electron chi connectivity index (χ4n) is 6.22. The van der Waals surface area contributed by atoms with Crippen LogP contribution in [0.25, 0.3) is 32.6 Å². The van der Waals surface area contributed by atoms with E-state index in [2.05, 4.69) is 47.9 Å². The van der Waals surface area contributed by atoms with Crippen molar-refractivity contribution < 1.29 is 19.4 Å². The van der Waals surface area contributed by atoms with Crippen molar-refractivity contribution in [1.82, 2.24) is 9.47 Å². The third-order valence-electron chi connectivity index (χ3n) is 8.20. The van der Waals surface area contributed by atoms with Gasteiger partial charge in [0.05, 0.1) is 30.0 Å². The van der Waals surface area contributed by atoms with Crippen LogP contribution >= 0.6 is 11.3 Å². The molecule has 7 heteroatoms. The fourth-order valence-corrected chi connectivity index (χ4v) is 7.09. The number of carbonyl (C=O) groups excluding carboxylic acids is 1. The normalized spacial score (nSPS) is 16.6. The number of hydrogen-bond acceptors (Lipinski definition) is 4. The van der Waals surface area contributed by atoms with Crippen molar-refractivity contribution in [3.8, 4) is 21.7 Å². The number of benzene rings is 2. The quantitative estimate of drug-likeness (QED) is 0.286. The molecule has 0 bridgehead atoms. The van der Waals surface area contributed by atoms with Gasteiger partial charge < -0.3 is 19.3 Å². The van der Waals surface area contributed by atoms with Crippen molar-refractivity contribution >= 4 is 34.1 Å². The van der Waals surface area contributed by atoms with E-state index in [0.717, 1.165) is 35.0 Å². The molecule has 2 aromatic carbocycles. The summed E-state index contributed by atoms with van der Waals surface area (Å²) < 4.78 is 7.56. The Labute approximate surface area is 232 Å². The van der Waals surface area contributed by atoms with Crippen molar-refractivity contribution in [3.05, 3.63) is 70.6 Å². The van der Waals surface area contributed by atoms with Gasteiger partial charge in [-0.25, -0.2) is 4.79 Å². The highest BCUT2D eigenvalue weighted by molar-refractivity contribution is 7.15. The molecule has 0 unspecified atom stereocenters. The minimum absolute atomic E-state index is 0.0399. The molecule has 1 saturated heterocycles. The molecule has 2 aliphatic rings. The molecule has 6 rings (SSSR count). The van der Waals surface area contributed by atoms with Gasteiger partial charge in [0.25, 0.3) is 0 Å². The molecule has 3 heterocycles. The zero-order chi connectivity index (χ0) is 26.9. The van der Waals surface area contributed by atoms with E-state index in [0.29, 0.717) is 32.2 Å². The first-order valence-corrected chi connectivity index (χ1v) is 14.7. The largest absolute Gasteiger partial charge is 0.478 e. The lowest BCUT2D eigenvalue weighted by Gasteiger charge is -2.28. The standard InChI is InChI=1S/C32H34N2O4S/c1-21-7-14-28(39-21)22-8-10-24(11-9-22)31-30(23-5-3-2-4-6-23)26-13-12-25(32(36)37)19-27(26)34(31)20-29(35)33-15-17-38-18-16-33/h7-14,19,23H,2-6,15-18,20H2,1H3,(H,36,37). The van der Waals surface area contributed by atoms with Crippen LogP contribution < -0.4 is 0 Å². The van der Waals surface area contributed by atoms with Gasteiger partial charge in [-0.2, -0.15) is 0 Å². The van der Waals surface area contributed by atoms with Gasteiger partial charge in [-0.05, 0) is 66.6 Å². The lowest BCUT2D eigenvalue weighted by Crippen LogP contribution is -2.42. The van der Waals surface area contributed by atoms with Gasteiger partial charge in [-0.3, -0.25) is 4.79 Å². The lowest BCUT2D eigenvalue weighted by molar-refractivity contribution is -0.135. The van der Waals surface area contributed by atoms with Gasteiger partial charge >= 0.3 is 5.97 Å². The second kappa shape index (κ2) is 11.0. The molecule has 6 nitrogen and oxygen atoms in total. The van der Waals surface area contributed by atoms with Gasteiger partial charge in [0.1, 0.15) is 6.54 Å². The van der Waals surface area contributed by atoms with E-state index in [4.69, 9.17) is 4.74 Å². The zero-order valence-electron chi connectivity index (χ0n) is 22.3. The number of ether oxygens (including phenoxy) is 1. The summed E-state index contributed by atoms with van der Waals surface area (Å²) in [7, 11) is 0. The number of aromatic carboxylic acids is 1. The molecular weight excluding hydrogens is 508 g/mol. The van der Waals surface area contributed by atoms with Crippen LogP contribution in [0.2, 0.25) is 0 Å². The van der Waals surface area contributed by atoms with Crippen molar-refractivity contribution in [3.63, 3.8) is 0 Å². The Hall–Kier alpha value is -3.42. The van der Waals surface area contributed by atoms with Crippen molar-refractivity contribution in [1.29, 1.82) is 0 Å². The zero-order valence-corrected chi connectivity index (χ0v) is 23.1. The predicted octanol–water partition coefficient (Wildman–Crippen LogP) is 6.95. The molecule has 1 amide bonds.